The Morgan fingerprint density at radius 3 is 2.62 bits per heavy atom. The number of halogens is 3. The third-order valence-electron chi connectivity index (χ3n) is 2.44. The molecule has 0 spiro atoms. The minimum absolute atomic E-state index is 0.00135. The summed E-state index contributed by atoms with van der Waals surface area (Å²) in [6, 6.07) is 4.30. The molecule has 0 unspecified atom stereocenters. The topological polar surface area (TPSA) is 67.4 Å². The molecule has 0 bridgehead atoms. The largest absolute Gasteiger partial charge is 0.350 e. The van der Waals surface area contributed by atoms with E-state index < -0.39 is 36.9 Å². The van der Waals surface area contributed by atoms with Crippen molar-refractivity contribution in [2.24, 2.45) is 0 Å². The summed E-state index contributed by atoms with van der Waals surface area (Å²) in [5.41, 5.74) is 0.500. The van der Waals surface area contributed by atoms with Crippen molar-refractivity contribution in [2.75, 3.05) is 6.61 Å². The summed E-state index contributed by atoms with van der Waals surface area (Å²) in [5.74, 6) is -1.71. The van der Waals surface area contributed by atoms with E-state index in [1.165, 1.54) is 18.2 Å². The lowest BCUT2D eigenvalue weighted by Crippen LogP contribution is -2.48. The molecule has 8 heteroatoms. The molecule has 21 heavy (non-hydrogen) atoms. The average Bonchev–Trinajstić information content (AvgIpc) is 2.40. The van der Waals surface area contributed by atoms with Crippen LogP contribution in [0.4, 0.5) is 13.2 Å². The smallest absolute Gasteiger partial charge is 0.345 e. The standard InChI is InChI=1S/C13H15F3N2O3/c1-8(19)18-11(7-21-13(15)16)12(20)17-6-9-3-2-4-10(14)5-9/h2-5,11,13H,6-7H2,1H3,(H,17,20)(H,18,19)/t11-/m1/s1. The minimum atomic E-state index is -3.04. The van der Waals surface area contributed by atoms with E-state index in [2.05, 4.69) is 15.4 Å². The molecule has 1 atom stereocenters. The van der Waals surface area contributed by atoms with Crippen LogP contribution in [0.15, 0.2) is 24.3 Å². The van der Waals surface area contributed by atoms with Crippen molar-refractivity contribution in [3.05, 3.63) is 35.6 Å². The molecular weight excluding hydrogens is 289 g/mol. The molecule has 1 aromatic rings. The molecule has 2 amide bonds. The summed E-state index contributed by atoms with van der Waals surface area (Å²) < 4.78 is 41.0. The number of hydrogen-bond donors (Lipinski definition) is 2. The zero-order valence-corrected chi connectivity index (χ0v) is 11.2. The molecule has 2 N–H and O–H groups in total. The first-order chi connectivity index (χ1) is 9.88. The molecule has 0 saturated carbocycles. The van der Waals surface area contributed by atoms with E-state index in [9.17, 15) is 22.8 Å². The van der Waals surface area contributed by atoms with Crippen LogP contribution in [0.5, 0.6) is 0 Å². The molecule has 0 radical (unpaired) electrons. The molecule has 5 nitrogen and oxygen atoms in total. The van der Waals surface area contributed by atoms with Gasteiger partial charge in [-0.1, -0.05) is 12.1 Å². The van der Waals surface area contributed by atoms with Gasteiger partial charge in [0, 0.05) is 13.5 Å². The summed E-state index contributed by atoms with van der Waals surface area (Å²) in [7, 11) is 0. The zero-order chi connectivity index (χ0) is 15.8. The van der Waals surface area contributed by atoms with Crippen LogP contribution in [-0.4, -0.2) is 31.1 Å². The van der Waals surface area contributed by atoms with Crippen molar-refractivity contribution < 1.29 is 27.5 Å². The maximum atomic E-state index is 13.0. The summed E-state index contributed by atoms with van der Waals surface area (Å²) >= 11 is 0. The molecule has 0 fully saturated rings. The fraction of sp³-hybridized carbons (Fsp3) is 0.385. The van der Waals surface area contributed by atoms with Crippen LogP contribution >= 0.6 is 0 Å². The van der Waals surface area contributed by atoms with Gasteiger partial charge in [0.25, 0.3) is 0 Å². The van der Waals surface area contributed by atoms with Gasteiger partial charge in [0.2, 0.25) is 11.8 Å². The van der Waals surface area contributed by atoms with E-state index in [-0.39, 0.29) is 6.54 Å². The number of hydrogen-bond acceptors (Lipinski definition) is 3. The van der Waals surface area contributed by atoms with Crippen LogP contribution < -0.4 is 10.6 Å². The van der Waals surface area contributed by atoms with Gasteiger partial charge in [0.05, 0.1) is 6.61 Å². The zero-order valence-electron chi connectivity index (χ0n) is 11.2. The summed E-state index contributed by atoms with van der Waals surface area (Å²) in [6.45, 7) is -2.56. The molecule has 0 aliphatic rings. The van der Waals surface area contributed by atoms with Crippen LogP contribution in [-0.2, 0) is 20.9 Å². The van der Waals surface area contributed by atoms with Crippen molar-refractivity contribution in [1.82, 2.24) is 10.6 Å². The minimum Gasteiger partial charge on any atom is -0.350 e. The van der Waals surface area contributed by atoms with Gasteiger partial charge in [-0.05, 0) is 17.7 Å². The highest BCUT2D eigenvalue weighted by Gasteiger charge is 2.21. The van der Waals surface area contributed by atoms with Gasteiger partial charge >= 0.3 is 6.61 Å². The van der Waals surface area contributed by atoms with E-state index in [4.69, 9.17) is 0 Å². The Labute approximate surface area is 119 Å². The van der Waals surface area contributed by atoms with Crippen molar-refractivity contribution in [3.63, 3.8) is 0 Å². The number of alkyl halides is 2. The third kappa shape index (κ3) is 6.75. The second-order valence-electron chi connectivity index (χ2n) is 4.19. The molecule has 0 heterocycles. The average molecular weight is 304 g/mol. The maximum absolute atomic E-state index is 13.0. The summed E-state index contributed by atoms with van der Waals surface area (Å²) in [6.07, 6.45) is 0. The fourth-order valence-electron chi connectivity index (χ4n) is 1.56. The van der Waals surface area contributed by atoms with Gasteiger partial charge in [0.15, 0.2) is 0 Å². The van der Waals surface area contributed by atoms with Crippen LogP contribution in [0.3, 0.4) is 0 Å². The number of ether oxygens (including phenoxy) is 1. The molecule has 0 aliphatic heterocycles. The summed E-state index contributed by atoms with van der Waals surface area (Å²) in [4.78, 5) is 22.7. The molecule has 116 valence electrons. The van der Waals surface area contributed by atoms with E-state index in [1.807, 2.05) is 0 Å². The highest BCUT2D eigenvalue weighted by molar-refractivity contribution is 5.86. The Bertz CT molecular complexity index is 497. The molecule has 1 rings (SSSR count). The predicted octanol–water partition coefficient (Wildman–Crippen LogP) is 1.19. The lowest BCUT2D eigenvalue weighted by atomic mass is 10.2. The first-order valence-electron chi connectivity index (χ1n) is 6.07. The SMILES string of the molecule is CC(=O)N[C@H](COC(F)F)C(=O)NCc1cccc(F)c1. The molecule has 0 aliphatic carbocycles. The van der Waals surface area contributed by atoms with Crippen molar-refractivity contribution >= 4 is 11.8 Å². The van der Waals surface area contributed by atoms with Crippen molar-refractivity contribution in [3.8, 4) is 0 Å². The van der Waals surface area contributed by atoms with Crippen molar-refractivity contribution in [2.45, 2.75) is 26.1 Å². The Hall–Kier alpha value is -2.09. The van der Waals surface area contributed by atoms with Crippen LogP contribution in [0.1, 0.15) is 12.5 Å². The number of carbonyl (C=O) groups is 2. The van der Waals surface area contributed by atoms with E-state index in [0.29, 0.717) is 5.56 Å². The fourth-order valence-corrected chi connectivity index (χ4v) is 1.56. The second-order valence-corrected chi connectivity index (χ2v) is 4.19. The Morgan fingerprint density at radius 2 is 2.05 bits per heavy atom. The lowest BCUT2D eigenvalue weighted by molar-refractivity contribution is -0.146. The predicted molar refractivity (Wildman–Crippen MR) is 67.8 cm³/mol. The maximum Gasteiger partial charge on any atom is 0.345 e. The Morgan fingerprint density at radius 1 is 1.33 bits per heavy atom. The molecule has 0 saturated heterocycles. The lowest BCUT2D eigenvalue weighted by Gasteiger charge is -2.17. The first-order valence-corrected chi connectivity index (χ1v) is 6.07. The van der Waals surface area contributed by atoms with E-state index >= 15 is 0 Å². The van der Waals surface area contributed by atoms with Gasteiger partial charge in [-0.3, -0.25) is 9.59 Å². The van der Waals surface area contributed by atoms with E-state index in [0.717, 1.165) is 6.92 Å². The number of nitrogens with one attached hydrogen (secondary N) is 2. The van der Waals surface area contributed by atoms with Crippen LogP contribution in [0, 0.1) is 5.82 Å². The molecule has 0 aromatic heterocycles. The van der Waals surface area contributed by atoms with Gasteiger partial charge in [-0.25, -0.2) is 4.39 Å². The molecule has 1 aromatic carbocycles. The highest BCUT2D eigenvalue weighted by Crippen LogP contribution is 2.03. The van der Waals surface area contributed by atoms with E-state index in [1.54, 1.807) is 6.07 Å². The van der Waals surface area contributed by atoms with Crippen LogP contribution in [0.2, 0.25) is 0 Å². The highest BCUT2D eigenvalue weighted by atomic mass is 19.3. The van der Waals surface area contributed by atoms with Gasteiger partial charge in [-0.15, -0.1) is 0 Å². The van der Waals surface area contributed by atoms with Crippen molar-refractivity contribution in [1.29, 1.82) is 0 Å². The number of benzene rings is 1. The first kappa shape index (κ1) is 17.0. The van der Waals surface area contributed by atoms with Gasteiger partial charge < -0.3 is 15.4 Å². The monoisotopic (exact) mass is 304 g/mol. The summed E-state index contributed by atoms with van der Waals surface area (Å²) in [5, 5.41) is 4.61. The molecular formula is C13H15F3N2O3. The number of amides is 2. The second kappa shape index (κ2) is 8.25. The van der Waals surface area contributed by atoms with Gasteiger partial charge in [-0.2, -0.15) is 8.78 Å². The Balaban J connectivity index is 2.56. The Kier molecular flexibility index (Phi) is 6.67. The quantitative estimate of drug-likeness (QED) is 0.795. The normalized spacial score (nSPS) is 12.0. The number of carbonyl (C=O) groups excluding carboxylic acids is 2. The van der Waals surface area contributed by atoms with Crippen LogP contribution in [0.25, 0.3) is 0 Å². The number of rotatable bonds is 7. The third-order valence-corrected chi connectivity index (χ3v) is 2.44. The van der Waals surface area contributed by atoms with Gasteiger partial charge in [0.1, 0.15) is 11.9 Å².